The molecule has 0 bridgehead atoms. The highest BCUT2D eigenvalue weighted by molar-refractivity contribution is 7.98. The summed E-state index contributed by atoms with van der Waals surface area (Å²) in [5, 5.41) is 19.8. The van der Waals surface area contributed by atoms with Crippen molar-refractivity contribution in [1.29, 1.82) is 10.5 Å². The van der Waals surface area contributed by atoms with E-state index in [4.69, 9.17) is 0 Å². The maximum absolute atomic E-state index is 9.62. The Labute approximate surface area is 154 Å². The number of hydrogen-bond acceptors (Lipinski definition) is 5. The highest BCUT2D eigenvalue weighted by Crippen LogP contribution is 2.32. The zero-order chi connectivity index (χ0) is 18.4. The maximum atomic E-state index is 9.62. The van der Waals surface area contributed by atoms with E-state index in [0.29, 0.717) is 28.4 Å². The molecule has 0 radical (unpaired) electrons. The molecule has 0 atom stereocenters. The summed E-state index contributed by atoms with van der Waals surface area (Å²) >= 11 is 1.55. The third kappa shape index (κ3) is 4.13. The number of benzene rings is 1. The van der Waals surface area contributed by atoms with Crippen LogP contribution < -0.4 is 4.90 Å². The number of pyridine rings is 1. The monoisotopic (exact) mass is 350 g/mol. The van der Waals surface area contributed by atoms with Crippen LogP contribution in [0.4, 0.5) is 5.82 Å². The molecule has 2 rings (SSSR count). The summed E-state index contributed by atoms with van der Waals surface area (Å²) in [7, 11) is 3.74. The molecular formula is C20H22N4S. The van der Waals surface area contributed by atoms with Crippen molar-refractivity contribution in [2.24, 2.45) is 0 Å². The summed E-state index contributed by atoms with van der Waals surface area (Å²) < 4.78 is 0. The summed E-state index contributed by atoms with van der Waals surface area (Å²) in [5.41, 5.74) is 4.32. The van der Waals surface area contributed by atoms with Crippen LogP contribution >= 0.6 is 11.8 Å². The van der Waals surface area contributed by atoms with Gasteiger partial charge in [-0.1, -0.05) is 38.1 Å². The molecule has 1 aromatic carbocycles. The molecule has 128 valence electrons. The number of anilines is 1. The molecule has 25 heavy (non-hydrogen) atoms. The molecule has 0 saturated heterocycles. The smallest absolute Gasteiger partial charge is 0.147 e. The molecular weight excluding hydrogens is 328 g/mol. The molecule has 5 heteroatoms. The lowest BCUT2D eigenvalue weighted by molar-refractivity contribution is 0.964. The Morgan fingerprint density at radius 3 is 2.04 bits per heavy atom. The van der Waals surface area contributed by atoms with Gasteiger partial charge < -0.3 is 4.90 Å². The van der Waals surface area contributed by atoms with Gasteiger partial charge in [0.15, 0.2) is 0 Å². The molecule has 0 spiro atoms. The van der Waals surface area contributed by atoms with Gasteiger partial charge in [0, 0.05) is 19.8 Å². The molecule has 0 amide bonds. The van der Waals surface area contributed by atoms with Crippen LogP contribution in [-0.2, 0) is 18.6 Å². The molecule has 0 saturated carbocycles. The Hall–Kier alpha value is -2.50. The summed E-state index contributed by atoms with van der Waals surface area (Å²) in [5.74, 6) is 1.37. The Balaban J connectivity index is 2.40. The Morgan fingerprint density at radius 1 is 0.960 bits per heavy atom. The number of rotatable bonds is 6. The zero-order valence-corrected chi connectivity index (χ0v) is 15.9. The van der Waals surface area contributed by atoms with Gasteiger partial charge in [-0.2, -0.15) is 10.5 Å². The predicted molar refractivity (Wildman–Crippen MR) is 103 cm³/mol. The third-order valence-corrected chi connectivity index (χ3v) is 5.10. The van der Waals surface area contributed by atoms with E-state index in [-0.39, 0.29) is 0 Å². The first-order valence-electron chi connectivity index (χ1n) is 8.30. The second-order valence-electron chi connectivity index (χ2n) is 5.90. The van der Waals surface area contributed by atoms with Crippen LogP contribution in [0.15, 0.2) is 29.3 Å². The average Bonchev–Trinajstić information content (AvgIpc) is 2.64. The molecule has 1 heterocycles. The van der Waals surface area contributed by atoms with Crippen LogP contribution in [0.3, 0.4) is 0 Å². The minimum Gasteiger partial charge on any atom is -0.362 e. The topological polar surface area (TPSA) is 63.7 Å². The lowest BCUT2D eigenvalue weighted by Gasteiger charge is -2.18. The van der Waals surface area contributed by atoms with Gasteiger partial charge in [0.25, 0.3) is 0 Å². The average molecular weight is 350 g/mol. The second-order valence-corrected chi connectivity index (χ2v) is 6.86. The van der Waals surface area contributed by atoms with Crippen LogP contribution in [0.2, 0.25) is 0 Å². The lowest BCUT2D eigenvalue weighted by Crippen LogP contribution is -2.15. The molecule has 0 aliphatic rings. The van der Waals surface area contributed by atoms with Crippen LogP contribution in [0, 0.1) is 22.7 Å². The normalized spacial score (nSPS) is 10.2. The number of thioether (sulfide) groups is 1. The van der Waals surface area contributed by atoms with E-state index in [0.717, 1.165) is 17.7 Å². The standard InChI is InChI=1S/C20H22N4S/c1-5-14-7-9-15(10-8-14)13-25-20-18(12-22)16(6-2)17(11-21)19(23-20)24(3)4/h7-10H,5-6,13H2,1-4H3. The fourth-order valence-electron chi connectivity index (χ4n) is 2.63. The minimum atomic E-state index is 0.501. The van der Waals surface area contributed by atoms with Gasteiger partial charge in [0.1, 0.15) is 23.0 Å². The number of aryl methyl sites for hydroxylation is 1. The van der Waals surface area contributed by atoms with E-state index >= 15 is 0 Å². The fraction of sp³-hybridized carbons (Fsp3) is 0.350. The molecule has 0 N–H and O–H groups in total. The van der Waals surface area contributed by atoms with E-state index in [1.807, 2.05) is 25.9 Å². The van der Waals surface area contributed by atoms with Gasteiger partial charge in [-0.15, -0.1) is 11.8 Å². The minimum absolute atomic E-state index is 0.501. The van der Waals surface area contributed by atoms with Crippen LogP contribution in [0.25, 0.3) is 0 Å². The van der Waals surface area contributed by atoms with Gasteiger partial charge in [0.05, 0.1) is 11.1 Å². The first-order chi connectivity index (χ1) is 12.0. The number of nitriles is 2. The number of aromatic nitrogens is 1. The van der Waals surface area contributed by atoms with Crippen molar-refractivity contribution in [2.75, 3.05) is 19.0 Å². The van der Waals surface area contributed by atoms with Crippen molar-refractivity contribution < 1.29 is 0 Å². The second kappa shape index (κ2) is 8.55. The molecule has 2 aromatic rings. The van der Waals surface area contributed by atoms with E-state index in [9.17, 15) is 10.5 Å². The third-order valence-electron chi connectivity index (χ3n) is 4.06. The summed E-state index contributed by atoms with van der Waals surface area (Å²) in [6.45, 7) is 4.10. The van der Waals surface area contributed by atoms with E-state index < -0.39 is 0 Å². The molecule has 4 nitrogen and oxygen atoms in total. The van der Waals surface area contributed by atoms with E-state index in [1.54, 1.807) is 11.8 Å². The summed E-state index contributed by atoms with van der Waals surface area (Å²) in [6.07, 6.45) is 1.66. The zero-order valence-electron chi connectivity index (χ0n) is 15.1. The van der Waals surface area contributed by atoms with Crippen molar-refractivity contribution >= 4 is 17.6 Å². The van der Waals surface area contributed by atoms with Crippen LogP contribution in [-0.4, -0.2) is 19.1 Å². The van der Waals surface area contributed by atoms with Crippen molar-refractivity contribution in [3.63, 3.8) is 0 Å². The highest BCUT2D eigenvalue weighted by atomic mass is 32.2. The Morgan fingerprint density at radius 2 is 1.56 bits per heavy atom. The molecule has 0 aliphatic carbocycles. The summed E-state index contributed by atoms with van der Waals surface area (Å²) in [6, 6.07) is 13.0. The Kier molecular flexibility index (Phi) is 6.44. The van der Waals surface area contributed by atoms with Crippen LogP contribution in [0.1, 0.15) is 41.7 Å². The largest absolute Gasteiger partial charge is 0.362 e. The molecule has 0 unspecified atom stereocenters. The number of nitrogens with zero attached hydrogens (tertiary/aromatic N) is 4. The Bertz CT molecular complexity index is 827. The van der Waals surface area contributed by atoms with Crippen molar-refractivity contribution in [3.05, 3.63) is 52.1 Å². The van der Waals surface area contributed by atoms with Gasteiger partial charge in [-0.05, 0) is 29.5 Å². The van der Waals surface area contributed by atoms with Crippen LogP contribution in [0.5, 0.6) is 0 Å². The van der Waals surface area contributed by atoms with E-state index in [2.05, 4.69) is 48.3 Å². The molecule has 0 aliphatic heterocycles. The SMILES string of the molecule is CCc1ccc(CSc2nc(N(C)C)c(C#N)c(CC)c2C#N)cc1. The molecule has 1 aromatic heterocycles. The fourth-order valence-corrected chi connectivity index (χ4v) is 3.59. The van der Waals surface area contributed by atoms with Crippen molar-refractivity contribution in [3.8, 4) is 12.1 Å². The van der Waals surface area contributed by atoms with Crippen molar-refractivity contribution in [1.82, 2.24) is 4.98 Å². The van der Waals surface area contributed by atoms with Gasteiger partial charge in [0.2, 0.25) is 0 Å². The van der Waals surface area contributed by atoms with Gasteiger partial charge in [-0.25, -0.2) is 4.98 Å². The highest BCUT2D eigenvalue weighted by Gasteiger charge is 2.20. The number of hydrogen-bond donors (Lipinski definition) is 0. The van der Waals surface area contributed by atoms with E-state index in [1.165, 1.54) is 11.1 Å². The lowest BCUT2D eigenvalue weighted by atomic mass is 10.0. The first-order valence-corrected chi connectivity index (χ1v) is 9.29. The quantitative estimate of drug-likeness (QED) is 0.727. The van der Waals surface area contributed by atoms with Gasteiger partial charge >= 0.3 is 0 Å². The molecule has 0 fully saturated rings. The maximum Gasteiger partial charge on any atom is 0.147 e. The van der Waals surface area contributed by atoms with Crippen molar-refractivity contribution in [2.45, 2.75) is 37.5 Å². The van der Waals surface area contributed by atoms with Gasteiger partial charge in [-0.3, -0.25) is 0 Å². The summed E-state index contributed by atoms with van der Waals surface area (Å²) in [4.78, 5) is 6.45. The first kappa shape index (κ1) is 18.8. The predicted octanol–water partition coefficient (Wildman–Crippen LogP) is 4.31.